The highest BCUT2D eigenvalue weighted by Crippen LogP contribution is 2.29. The van der Waals surface area contributed by atoms with Gasteiger partial charge in [0.25, 0.3) is 0 Å². The largest absolute Gasteiger partial charge is 0.438 e. The topological polar surface area (TPSA) is 58.8 Å². The van der Waals surface area contributed by atoms with E-state index in [2.05, 4.69) is 16.0 Å². The summed E-state index contributed by atoms with van der Waals surface area (Å²) in [6.45, 7) is 5.52. The van der Waals surface area contributed by atoms with Crippen molar-refractivity contribution in [1.82, 2.24) is 9.97 Å². The Labute approximate surface area is 116 Å². The van der Waals surface area contributed by atoms with Gasteiger partial charge >= 0.3 is 0 Å². The molecule has 0 aliphatic rings. The maximum absolute atomic E-state index is 8.91. The van der Waals surface area contributed by atoms with Gasteiger partial charge in [0.2, 0.25) is 5.88 Å². The second-order valence-electron chi connectivity index (χ2n) is 4.23. The monoisotopic (exact) mass is 273 g/mol. The van der Waals surface area contributed by atoms with Crippen molar-refractivity contribution in [2.75, 3.05) is 0 Å². The number of nitriles is 1. The number of halogens is 1. The maximum Gasteiger partial charge on any atom is 0.224 e. The molecule has 0 saturated carbocycles. The number of aromatic nitrogens is 2. The third kappa shape index (κ3) is 3.01. The van der Waals surface area contributed by atoms with Crippen molar-refractivity contribution in [2.45, 2.75) is 20.8 Å². The summed E-state index contributed by atoms with van der Waals surface area (Å²) in [5, 5.41) is 9.25. The molecule has 1 heterocycles. The molecule has 19 heavy (non-hydrogen) atoms. The van der Waals surface area contributed by atoms with Gasteiger partial charge in [0.1, 0.15) is 16.7 Å². The molecule has 0 atom stereocenters. The lowest BCUT2D eigenvalue weighted by molar-refractivity contribution is 0.453. The van der Waals surface area contributed by atoms with Crippen LogP contribution in [0.2, 0.25) is 5.15 Å². The zero-order valence-corrected chi connectivity index (χ0v) is 11.6. The number of ether oxygens (including phenoxy) is 1. The van der Waals surface area contributed by atoms with Crippen molar-refractivity contribution in [2.24, 2.45) is 0 Å². The van der Waals surface area contributed by atoms with Crippen LogP contribution in [-0.2, 0) is 0 Å². The first-order chi connectivity index (χ1) is 8.99. The zero-order chi connectivity index (χ0) is 14.0. The van der Waals surface area contributed by atoms with Gasteiger partial charge in [-0.05, 0) is 44.0 Å². The average molecular weight is 274 g/mol. The maximum atomic E-state index is 8.91. The molecule has 1 aromatic carbocycles. The molecule has 5 heteroatoms. The molecule has 0 unspecified atom stereocenters. The van der Waals surface area contributed by atoms with E-state index in [1.165, 1.54) is 0 Å². The molecule has 0 amide bonds. The fraction of sp³-hybridized carbons (Fsp3) is 0.214. The molecule has 0 N–H and O–H groups in total. The molecule has 4 nitrogen and oxygen atoms in total. The van der Waals surface area contributed by atoms with E-state index in [0.29, 0.717) is 28.2 Å². The quantitative estimate of drug-likeness (QED) is 0.783. The minimum Gasteiger partial charge on any atom is -0.438 e. The van der Waals surface area contributed by atoms with Crippen LogP contribution in [0.25, 0.3) is 0 Å². The summed E-state index contributed by atoms with van der Waals surface area (Å²) in [6.07, 6.45) is 0. The van der Waals surface area contributed by atoms with Crippen LogP contribution in [0.3, 0.4) is 0 Å². The van der Waals surface area contributed by atoms with Gasteiger partial charge in [0.05, 0.1) is 11.6 Å². The highest BCUT2D eigenvalue weighted by Gasteiger charge is 2.09. The third-order valence-electron chi connectivity index (χ3n) is 2.58. The van der Waals surface area contributed by atoms with Crippen LogP contribution in [0.5, 0.6) is 11.6 Å². The Kier molecular flexibility index (Phi) is 3.68. The first-order valence-corrected chi connectivity index (χ1v) is 6.08. The molecule has 0 fully saturated rings. The second kappa shape index (κ2) is 5.25. The Hall–Kier alpha value is -2.12. The minimum atomic E-state index is 0.339. The van der Waals surface area contributed by atoms with Crippen LogP contribution in [0.1, 0.15) is 22.5 Å². The first kappa shape index (κ1) is 13.3. The van der Waals surface area contributed by atoms with Crippen molar-refractivity contribution in [3.63, 3.8) is 0 Å². The first-order valence-electron chi connectivity index (χ1n) is 5.70. The van der Waals surface area contributed by atoms with Crippen LogP contribution in [-0.4, -0.2) is 9.97 Å². The number of hydrogen-bond acceptors (Lipinski definition) is 4. The Bertz CT molecular complexity index is 634. The molecule has 0 bridgehead atoms. The second-order valence-corrected chi connectivity index (χ2v) is 4.62. The van der Waals surface area contributed by atoms with E-state index in [1.54, 1.807) is 25.1 Å². The lowest BCUT2D eigenvalue weighted by Gasteiger charge is -2.11. The number of rotatable bonds is 2. The SMILES string of the molecule is Cc1nc(Cl)cc(Oc2c(C)cc(C#N)cc2C)n1. The van der Waals surface area contributed by atoms with Gasteiger partial charge in [0, 0.05) is 6.07 Å². The molecule has 0 aliphatic carbocycles. The van der Waals surface area contributed by atoms with Crippen molar-refractivity contribution >= 4 is 11.6 Å². The molecule has 1 aromatic heterocycles. The van der Waals surface area contributed by atoms with Gasteiger partial charge < -0.3 is 4.74 Å². The van der Waals surface area contributed by atoms with Crippen molar-refractivity contribution in [3.8, 4) is 17.7 Å². The van der Waals surface area contributed by atoms with E-state index in [0.717, 1.165) is 11.1 Å². The van der Waals surface area contributed by atoms with Crippen molar-refractivity contribution in [1.29, 1.82) is 5.26 Å². The predicted octanol–water partition coefficient (Wildman–Crippen LogP) is 3.72. The fourth-order valence-electron chi connectivity index (χ4n) is 1.84. The molecule has 0 saturated heterocycles. The predicted molar refractivity (Wildman–Crippen MR) is 72.5 cm³/mol. The van der Waals surface area contributed by atoms with Crippen LogP contribution in [0.4, 0.5) is 0 Å². The molecule has 0 aliphatic heterocycles. The lowest BCUT2D eigenvalue weighted by atomic mass is 10.1. The minimum absolute atomic E-state index is 0.339. The van der Waals surface area contributed by atoms with Gasteiger partial charge in [-0.3, -0.25) is 0 Å². The Morgan fingerprint density at radius 2 is 1.74 bits per heavy atom. The fourth-order valence-corrected chi connectivity index (χ4v) is 2.05. The standard InChI is InChI=1S/C14H12ClN3O/c1-8-4-11(7-16)5-9(2)14(8)19-13-6-12(15)17-10(3)18-13/h4-6H,1-3H3. The van der Waals surface area contributed by atoms with Crippen LogP contribution in [0.15, 0.2) is 18.2 Å². The number of hydrogen-bond donors (Lipinski definition) is 0. The van der Waals surface area contributed by atoms with Gasteiger partial charge in [-0.2, -0.15) is 10.2 Å². The van der Waals surface area contributed by atoms with Crippen molar-refractivity contribution in [3.05, 3.63) is 45.9 Å². The van der Waals surface area contributed by atoms with E-state index in [-0.39, 0.29) is 0 Å². The van der Waals surface area contributed by atoms with Crippen LogP contribution in [0, 0.1) is 32.1 Å². The van der Waals surface area contributed by atoms with Crippen LogP contribution < -0.4 is 4.74 Å². The lowest BCUT2D eigenvalue weighted by Crippen LogP contribution is -1.97. The highest BCUT2D eigenvalue weighted by atomic mass is 35.5. The van der Waals surface area contributed by atoms with Gasteiger partial charge in [-0.1, -0.05) is 11.6 Å². The molecular formula is C14H12ClN3O. The average Bonchev–Trinajstić information content (AvgIpc) is 2.32. The van der Waals surface area contributed by atoms with Crippen LogP contribution >= 0.6 is 11.6 Å². The third-order valence-corrected chi connectivity index (χ3v) is 2.77. The van der Waals surface area contributed by atoms with Gasteiger partial charge in [-0.15, -0.1) is 0 Å². The van der Waals surface area contributed by atoms with E-state index >= 15 is 0 Å². The van der Waals surface area contributed by atoms with Gasteiger partial charge in [-0.25, -0.2) is 4.98 Å². The molecular weight excluding hydrogens is 262 g/mol. The molecule has 0 spiro atoms. The molecule has 2 rings (SSSR count). The number of nitrogens with zero attached hydrogens (tertiary/aromatic N) is 3. The zero-order valence-electron chi connectivity index (χ0n) is 10.9. The number of benzene rings is 1. The van der Waals surface area contributed by atoms with E-state index in [4.69, 9.17) is 21.6 Å². The summed E-state index contributed by atoms with van der Waals surface area (Å²) in [5.74, 6) is 1.63. The summed E-state index contributed by atoms with van der Waals surface area (Å²) < 4.78 is 5.76. The van der Waals surface area contributed by atoms with E-state index in [1.807, 2.05) is 13.8 Å². The highest BCUT2D eigenvalue weighted by molar-refractivity contribution is 6.29. The van der Waals surface area contributed by atoms with E-state index in [9.17, 15) is 0 Å². The summed E-state index contributed by atoms with van der Waals surface area (Å²) >= 11 is 5.87. The van der Waals surface area contributed by atoms with E-state index < -0.39 is 0 Å². The normalized spacial score (nSPS) is 10.1. The Morgan fingerprint density at radius 1 is 1.11 bits per heavy atom. The Morgan fingerprint density at radius 3 is 2.26 bits per heavy atom. The molecule has 0 radical (unpaired) electrons. The summed E-state index contributed by atoms with van der Waals surface area (Å²) in [5.41, 5.74) is 2.37. The number of aryl methyl sites for hydroxylation is 3. The summed E-state index contributed by atoms with van der Waals surface area (Å²) in [7, 11) is 0. The van der Waals surface area contributed by atoms with Crippen molar-refractivity contribution < 1.29 is 4.74 Å². The molecule has 96 valence electrons. The summed E-state index contributed by atoms with van der Waals surface area (Å²) in [4.78, 5) is 8.15. The molecule has 2 aromatic rings. The van der Waals surface area contributed by atoms with Gasteiger partial charge in [0.15, 0.2) is 0 Å². The summed E-state index contributed by atoms with van der Waals surface area (Å²) in [6, 6.07) is 7.23. The smallest absolute Gasteiger partial charge is 0.224 e. The Balaban J connectivity index is 2.41.